The fraction of sp³-hybridized carbons (Fsp3) is 0.857. The van der Waals surface area contributed by atoms with Crippen LogP contribution in [0.2, 0.25) is 0 Å². The number of likely N-dealkylation sites (N-methyl/N-ethyl adjacent to an activating group) is 1. The molecule has 0 saturated carbocycles. The van der Waals surface area contributed by atoms with Crippen LogP contribution >= 0.6 is 0 Å². The van der Waals surface area contributed by atoms with Crippen LogP contribution in [0.3, 0.4) is 0 Å². The lowest BCUT2D eigenvalue weighted by molar-refractivity contribution is 0.135. The summed E-state index contributed by atoms with van der Waals surface area (Å²) in [5, 5.41) is 7.92. The van der Waals surface area contributed by atoms with E-state index in [1.54, 1.807) is 6.33 Å². The topological polar surface area (TPSA) is 46.0 Å². The number of aryl methyl sites for hydroxylation is 1. The van der Waals surface area contributed by atoms with Crippen molar-refractivity contribution in [1.82, 2.24) is 25.0 Å². The summed E-state index contributed by atoms with van der Waals surface area (Å²) in [7, 11) is 4.26. The van der Waals surface area contributed by atoms with Crippen molar-refractivity contribution in [3.05, 3.63) is 12.2 Å². The summed E-state index contributed by atoms with van der Waals surface area (Å²) < 4.78 is 1.98. The van der Waals surface area contributed by atoms with Gasteiger partial charge in [0.1, 0.15) is 12.2 Å². The van der Waals surface area contributed by atoms with E-state index >= 15 is 0 Å². The number of nitrogens with zero attached hydrogens (tertiary/aromatic N) is 4. The van der Waals surface area contributed by atoms with Gasteiger partial charge in [0.05, 0.1) is 0 Å². The number of hydrogen-bond acceptors (Lipinski definition) is 4. The summed E-state index contributed by atoms with van der Waals surface area (Å²) in [4.78, 5) is 6.67. The highest BCUT2D eigenvalue weighted by atomic mass is 15.3. The first-order chi connectivity index (χ1) is 8.93. The molecule has 1 rings (SSSR count). The van der Waals surface area contributed by atoms with Crippen molar-refractivity contribution in [2.45, 2.75) is 58.7 Å². The minimum Gasteiger partial charge on any atom is -0.312 e. The van der Waals surface area contributed by atoms with E-state index in [-0.39, 0.29) is 5.54 Å². The second-order valence-corrected chi connectivity index (χ2v) is 5.75. The highest BCUT2D eigenvalue weighted by molar-refractivity contribution is 4.99. The minimum atomic E-state index is 0.0691. The first-order valence-corrected chi connectivity index (χ1v) is 7.20. The van der Waals surface area contributed by atoms with Gasteiger partial charge in [-0.1, -0.05) is 6.92 Å². The van der Waals surface area contributed by atoms with Crippen molar-refractivity contribution in [3.8, 4) is 0 Å². The molecule has 1 aromatic heterocycles. The van der Waals surface area contributed by atoms with Crippen LogP contribution < -0.4 is 5.32 Å². The van der Waals surface area contributed by atoms with Gasteiger partial charge in [0.15, 0.2) is 0 Å². The highest BCUT2D eigenvalue weighted by Gasteiger charge is 2.32. The molecular weight excluding hydrogens is 238 g/mol. The van der Waals surface area contributed by atoms with Gasteiger partial charge in [-0.2, -0.15) is 5.10 Å². The maximum atomic E-state index is 4.40. The minimum absolute atomic E-state index is 0.0691. The molecule has 0 bridgehead atoms. The van der Waals surface area contributed by atoms with E-state index in [4.69, 9.17) is 0 Å². The number of rotatable bonds is 8. The smallest absolute Gasteiger partial charge is 0.138 e. The second-order valence-electron chi connectivity index (χ2n) is 5.75. The first kappa shape index (κ1) is 16.1. The monoisotopic (exact) mass is 267 g/mol. The van der Waals surface area contributed by atoms with Crippen molar-refractivity contribution in [1.29, 1.82) is 0 Å². The highest BCUT2D eigenvalue weighted by Crippen LogP contribution is 2.19. The van der Waals surface area contributed by atoms with Crippen LogP contribution in [0.15, 0.2) is 6.33 Å². The largest absolute Gasteiger partial charge is 0.312 e. The lowest BCUT2D eigenvalue weighted by atomic mass is 9.90. The second kappa shape index (κ2) is 7.01. The Morgan fingerprint density at radius 1 is 1.37 bits per heavy atom. The molecule has 0 spiro atoms. The summed E-state index contributed by atoms with van der Waals surface area (Å²) in [5.41, 5.74) is 0.0691. The van der Waals surface area contributed by atoms with Crippen LogP contribution in [0, 0.1) is 0 Å². The number of aromatic nitrogens is 3. The van der Waals surface area contributed by atoms with E-state index in [2.05, 4.69) is 62.1 Å². The zero-order valence-electron chi connectivity index (χ0n) is 13.3. The van der Waals surface area contributed by atoms with Crippen LogP contribution in [-0.2, 0) is 13.0 Å². The standard InChI is InChI=1S/C14H29N5/c1-7-9-15-12(14(3,4)18(5)6)10-13-16-11-17-19(13)8-2/h11-12,15H,7-10H2,1-6H3. The fourth-order valence-corrected chi connectivity index (χ4v) is 2.09. The Morgan fingerprint density at radius 2 is 2.05 bits per heavy atom. The Labute approximate surface area is 117 Å². The van der Waals surface area contributed by atoms with Crippen molar-refractivity contribution in [2.24, 2.45) is 0 Å². The molecule has 5 nitrogen and oxygen atoms in total. The predicted molar refractivity (Wildman–Crippen MR) is 79.2 cm³/mol. The summed E-state index contributed by atoms with van der Waals surface area (Å²) in [6.07, 6.45) is 3.69. The van der Waals surface area contributed by atoms with Gasteiger partial charge < -0.3 is 10.2 Å². The fourth-order valence-electron chi connectivity index (χ4n) is 2.09. The molecule has 0 aromatic carbocycles. The van der Waals surface area contributed by atoms with E-state index in [0.29, 0.717) is 6.04 Å². The molecule has 1 atom stereocenters. The van der Waals surface area contributed by atoms with E-state index < -0.39 is 0 Å². The molecule has 0 radical (unpaired) electrons. The first-order valence-electron chi connectivity index (χ1n) is 7.20. The molecule has 0 aliphatic heterocycles. The molecule has 0 aliphatic rings. The maximum absolute atomic E-state index is 4.40. The Balaban J connectivity index is 2.86. The molecule has 1 N–H and O–H groups in total. The molecule has 1 unspecified atom stereocenters. The third kappa shape index (κ3) is 4.01. The number of nitrogens with one attached hydrogen (secondary N) is 1. The van der Waals surface area contributed by atoms with E-state index in [9.17, 15) is 0 Å². The average Bonchev–Trinajstić information content (AvgIpc) is 2.81. The lowest BCUT2D eigenvalue weighted by Gasteiger charge is -2.40. The normalized spacial score (nSPS) is 14.1. The summed E-state index contributed by atoms with van der Waals surface area (Å²) in [6.45, 7) is 10.7. The van der Waals surface area contributed by atoms with E-state index in [1.165, 1.54) is 0 Å². The van der Waals surface area contributed by atoms with Gasteiger partial charge in [-0.3, -0.25) is 4.68 Å². The van der Waals surface area contributed by atoms with Crippen LogP contribution in [0.1, 0.15) is 39.9 Å². The van der Waals surface area contributed by atoms with E-state index in [1.807, 2.05) is 4.68 Å². The van der Waals surface area contributed by atoms with Gasteiger partial charge >= 0.3 is 0 Å². The summed E-state index contributed by atoms with van der Waals surface area (Å²) >= 11 is 0. The molecule has 110 valence electrons. The van der Waals surface area contributed by atoms with Gasteiger partial charge in [-0.05, 0) is 47.8 Å². The zero-order chi connectivity index (χ0) is 14.5. The molecule has 0 aliphatic carbocycles. The Bertz CT molecular complexity index is 370. The molecule has 1 aromatic rings. The van der Waals surface area contributed by atoms with Crippen LogP contribution in [0.25, 0.3) is 0 Å². The van der Waals surface area contributed by atoms with Gasteiger partial charge in [0.25, 0.3) is 0 Å². The Kier molecular flexibility index (Phi) is 5.94. The van der Waals surface area contributed by atoms with E-state index in [0.717, 1.165) is 31.8 Å². The Morgan fingerprint density at radius 3 is 2.58 bits per heavy atom. The van der Waals surface area contributed by atoms with Crippen molar-refractivity contribution < 1.29 is 0 Å². The van der Waals surface area contributed by atoms with Crippen molar-refractivity contribution >= 4 is 0 Å². The van der Waals surface area contributed by atoms with Crippen LogP contribution in [0.5, 0.6) is 0 Å². The van der Waals surface area contributed by atoms with Gasteiger partial charge in [0, 0.05) is 24.5 Å². The maximum Gasteiger partial charge on any atom is 0.138 e. The molecule has 0 fully saturated rings. The average molecular weight is 267 g/mol. The van der Waals surface area contributed by atoms with Gasteiger partial charge in [-0.15, -0.1) is 0 Å². The number of hydrogen-bond donors (Lipinski definition) is 1. The lowest BCUT2D eigenvalue weighted by Crippen LogP contribution is -2.56. The van der Waals surface area contributed by atoms with Crippen molar-refractivity contribution in [2.75, 3.05) is 20.6 Å². The van der Waals surface area contributed by atoms with Crippen molar-refractivity contribution in [3.63, 3.8) is 0 Å². The molecule has 0 amide bonds. The molecule has 5 heteroatoms. The van der Waals surface area contributed by atoms with Gasteiger partial charge in [0.2, 0.25) is 0 Å². The molecule has 19 heavy (non-hydrogen) atoms. The zero-order valence-corrected chi connectivity index (χ0v) is 13.3. The third-order valence-corrected chi connectivity index (χ3v) is 4.03. The van der Waals surface area contributed by atoms with Crippen LogP contribution in [0.4, 0.5) is 0 Å². The summed E-state index contributed by atoms with van der Waals surface area (Å²) in [6, 6.07) is 0.358. The summed E-state index contributed by atoms with van der Waals surface area (Å²) in [5.74, 6) is 1.06. The predicted octanol–water partition coefficient (Wildman–Crippen LogP) is 1.55. The molecular formula is C14H29N5. The Hall–Kier alpha value is -0.940. The quantitative estimate of drug-likeness (QED) is 0.776. The van der Waals surface area contributed by atoms with Gasteiger partial charge in [-0.25, -0.2) is 4.98 Å². The molecule has 1 heterocycles. The van der Waals surface area contributed by atoms with Crippen LogP contribution in [-0.4, -0.2) is 51.9 Å². The SMILES string of the molecule is CCCNC(Cc1ncnn1CC)C(C)(C)N(C)C. The molecule has 0 saturated heterocycles. The third-order valence-electron chi connectivity index (χ3n) is 4.03.